The first-order chi connectivity index (χ1) is 14.4. The molecule has 2 aliphatic heterocycles. The molecule has 2 heterocycles. The van der Waals surface area contributed by atoms with Gasteiger partial charge in [-0.2, -0.15) is 0 Å². The van der Waals surface area contributed by atoms with Gasteiger partial charge in [-0.3, -0.25) is 14.5 Å². The zero-order valence-corrected chi connectivity index (χ0v) is 17.3. The average molecular weight is 421 g/mol. The normalized spacial score (nSPS) is 27.0. The van der Waals surface area contributed by atoms with Gasteiger partial charge in [-0.1, -0.05) is 17.7 Å². The molecule has 4 N–H and O–H groups in total. The molecule has 0 saturated carbocycles. The lowest BCUT2D eigenvalue weighted by atomic mass is 10.1. The Hall–Kier alpha value is -2.04. The molecule has 9 heteroatoms. The number of rotatable bonds is 8. The van der Waals surface area contributed by atoms with E-state index >= 15 is 0 Å². The average Bonchev–Trinajstić information content (AvgIpc) is 3.01. The Morgan fingerprint density at radius 2 is 1.73 bits per heavy atom. The first-order valence-electron chi connectivity index (χ1n) is 10.4. The Morgan fingerprint density at radius 1 is 1.07 bits per heavy atom. The van der Waals surface area contributed by atoms with Crippen LogP contribution in [-0.2, 0) is 14.3 Å². The highest BCUT2D eigenvalue weighted by Gasteiger charge is 2.43. The number of hydrogen-bond acceptors (Lipinski definition) is 7. The van der Waals surface area contributed by atoms with Gasteiger partial charge in [0.25, 0.3) is 5.91 Å². The van der Waals surface area contributed by atoms with Crippen LogP contribution in [0.15, 0.2) is 24.3 Å². The first-order valence-corrected chi connectivity index (χ1v) is 10.4. The molecule has 2 saturated heterocycles. The molecule has 0 unspecified atom stereocenters. The molecular formula is C21H31N3O6. The van der Waals surface area contributed by atoms with Crippen molar-refractivity contribution in [2.45, 2.75) is 37.8 Å². The van der Waals surface area contributed by atoms with Gasteiger partial charge < -0.3 is 30.3 Å². The monoisotopic (exact) mass is 421 g/mol. The van der Waals surface area contributed by atoms with E-state index in [0.29, 0.717) is 25.3 Å². The maximum Gasteiger partial charge on any atom is 0.251 e. The van der Waals surface area contributed by atoms with E-state index in [-0.39, 0.29) is 24.8 Å². The van der Waals surface area contributed by atoms with Gasteiger partial charge in [0.2, 0.25) is 5.91 Å². The molecule has 1 aromatic carbocycles. The van der Waals surface area contributed by atoms with Crippen molar-refractivity contribution in [2.24, 2.45) is 0 Å². The summed E-state index contributed by atoms with van der Waals surface area (Å²) in [4.78, 5) is 26.6. The first kappa shape index (κ1) is 22.6. The molecule has 3 rings (SSSR count). The summed E-state index contributed by atoms with van der Waals surface area (Å²) in [6.07, 6.45) is -4.00. The van der Waals surface area contributed by atoms with Crippen LogP contribution in [0.4, 0.5) is 0 Å². The summed E-state index contributed by atoms with van der Waals surface area (Å²) in [5.41, 5.74) is 1.56. The van der Waals surface area contributed by atoms with Gasteiger partial charge in [0, 0.05) is 38.3 Å². The number of ether oxygens (including phenoxy) is 2. The van der Waals surface area contributed by atoms with Crippen LogP contribution in [0.5, 0.6) is 0 Å². The third-order valence-electron chi connectivity index (χ3n) is 5.48. The Bertz CT molecular complexity index is 707. The molecule has 0 aromatic heterocycles. The molecule has 2 fully saturated rings. The zero-order valence-electron chi connectivity index (χ0n) is 17.3. The van der Waals surface area contributed by atoms with E-state index in [1.165, 1.54) is 0 Å². The Labute approximate surface area is 176 Å². The highest BCUT2D eigenvalue weighted by molar-refractivity contribution is 5.94. The summed E-state index contributed by atoms with van der Waals surface area (Å²) in [6, 6.07) is 7.12. The zero-order chi connectivity index (χ0) is 21.5. The quantitative estimate of drug-likeness (QED) is 0.427. The van der Waals surface area contributed by atoms with Crippen LogP contribution < -0.4 is 10.6 Å². The molecule has 0 radical (unpaired) electrons. The molecule has 4 atom stereocenters. The standard InChI is InChI=1S/C21H31N3O6/c1-14-2-4-15(5-3-14)21(28)23-13-17-20(27)19(26)16(30-17)12-18(25)22-6-7-24-8-10-29-11-9-24/h2-5,16-17,19-20,26-27H,6-13H2,1H3,(H,22,25)(H,23,28)/t16-,17-,19-,20+/m0/s1. The molecule has 0 aliphatic carbocycles. The van der Waals surface area contributed by atoms with Crippen molar-refractivity contribution in [1.82, 2.24) is 15.5 Å². The van der Waals surface area contributed by atoms with Gasteiger partial charge in [0.15, 0.2) is 0 Å². The smallest absolute Gasteiger partial charge is 0.251 e. The van der Waals surface area contributed by atoms with Crippen molar-refractivity contribution in [1.29, 1.82) is 0 Å². The molecule has 30 heavy (non-hydrogen) atoms. The van der Waals surface area contributed by atoms with E-state index in [1.807, 2.05) is 19.1 Å². The number of nitrogens with zero attached hydrogens (tertiary/aromatic N) is 1. The third kappa shape index (κ3) is 6.23. The molecule has 166 valence electrons. The minimum atomic E-state index is -1.18. The largest absolute Gasteiger partial charge is 0.388 e. The minimum Gasteiger partial charge on any atom is -0.388 e. The van der Waals surface area contributed by atoms with Gasteiger partial charge in [-0.15, -0.1) is 0 Å². The summed E-state index contributed by atoms with van der Waals surface area (Å²) in [6.45, 7) is 6.32. The van der Waals surface area contributed by atoms with Crippen LogP contribution in [0.3, 0.4) is 0 Å². The third-order valence-corrected chi connectivity index (χ3v) is 5.48. The van der Waals surface area contributed by atoms with E-state index < -0.39 is 24.4 Å². The Balaban J connectivity index is 1.39. The molecule has 2 amide bonds. The summed E-state index contributed by atoms with van der Waals surface area (Å²) in [5, 5.41) is 26.0. The molecule has 9 nitrogen and oxygen atoms in total. The number of aryl methyl sites for hydroxylation is 1. The summed E-state index contributed by atoms with van der Waals surface area (Å²) in [5.74, 6) is -0.534. The number of aliphatic hydroxyl groups excluding tert-OH is 2. The second kappa shape index (κ2) is 10.8. The van der Waals surface area contributed by atoms with Crippen LogP contribution in [0.25, 0.3) is 0 Å². The Kier molecular flexibility index (Phi) is 8.17. The number of aliphatic hydroxyl groups is 2. The number of amides is 2. The van der Waals surface area contributed by atoms with E-state index in [4.69, 9.17) is 9.47 Å². The van der Waals surface area contributed by atoms with E-state index in [9.17, 15) is 19.8 Å². The number of hydrogen-bond donors (Lipinski definition) is 4. The summed E-state index contributed by atoms with van der Waals surface area (Å²) in [7, 11) is 0. The second-order valence-corrected chi connectivity index (χ2v) is 7.78. The molecule has 1 aromatic rings. The molecular weight excluding hydrogens is 390 g/mol. The van der Waals surface area contributed by atoms with Crippen LogP contribution in [0.2, 0.25) is 0 Å². The lowest BCUT2D eigenvalue weighted by molar-refractivity contribution is -0.125. The van der Waals surface area contributed by atoms with Crippen LogP contribution in [0, 0.1) is 6.92 Å². The number of morpholine rings is 1. The fourth-order valence-electron chi connectivity index (χ4n) is 3.60. The molecule has 0 spiro atoms. The topological polar surface area (TPSA) is 120 Å². The number of benzene rings is 1. The van der Waals surface area contributed by atoms with Crippen molar-refractivity contribution in [3.63, 3.8) is 0 Å². The second-order valence-electron chi connectivity index (χ2n) is 7.78. The van der Waals surface area contributed by atoms with Crippen LogP contribution in [0.1, 0.15) is 22.3 Å². The molecule has 2 aliphatic rings. The van der Waals surface area contributed by atoms with E-state index in [0.717, 1.165) is 25.2 Å². The van der Waals surface area contributed by atoms with Crippen LogP contribution >= 0.6 is 0 Å². The highest BCUT2D eigenvalue weighted by atomic mass is 16.5. The van der Waals surface area contributed by atoms with E-state index in [2.05, 4.69) is 15.5 Å². The van der Waals surface area contributed by atoms with Crippen molar-refractivity contribution < 1.29 is 29.3 Å². The van der Waals surface area contributed by atoms with Crippen molar-refractivity contribution in [2.75, 3.05) is 45.9 Å². The summed E-state index contributed by atoms with van der Waals surface area (Å²) < 4.78 is 10.9. The number of nitrogens with one attached hydrogen (secondary N) is 2. The lowest BCUT2D eigenvalue weighted by Gasteiger charge is -2.26. The number of carbonyl (C=O) groups is 2. The predicted molar refractivity (Wildman–Crippen MR) is 109 cm³/mol. The fraction of sp³-hybridized carbons (Fsp3) is 0.619. The van der Waals surface area contributed by atoms with Gasteiger partial charge in [-0.25, -0.2) is 0 Å². The maximum atomic E-state index is 12.2. The Morgan fingerprint density at radius 3 is 2.43 bits per heavy atom. The van der Waals surface area contributed by atoms with E-state index in [1.54, 1.807) is 12.1 Å². The highest BCUT2D eigenvalue weighted by Crippen LogP contribution is 2.23. The van der Waals surface area contributed by atoms with Gasteiger partial charge in [-0.05, 0) is 19.1 Å². The van der Waals surface area contributed by atoms with Crippen molar-refractivity contribution in [3.8, 4) is 0 Å². The van der Waals surface area contributed by atoms with Crippen molar-refractivity contribution in [3.05, 3.63) is 35.4 Å². The number of carbonyl (C=O) groups excluding carboxylic acids is 2. The van der Waals surface area contributed by atoms with Gasteiger partial charge >= 0.3 is 0 Å². The molecule has 0 bridgehead atoms. The predicted octanol–water partition coefficient (Wildman–Crippen LogP) is -0.947. The van der Waals surface area contributed by atoms with Crippen molar-refractivity contribution >= 4 is 11.8 Å². The lowest BCUT2D eigenvalue weighted by Crippen LogP contribution is -2.42. The minimum absolute atomic E-state index is 0.0418. The fourth-order valence-corrected chi connectivity index (χ4v) is 3.60. The maximum absolute atomic E-state index is 12.2. The van der Waals surface area contributed by atoms with Gasteiger partial charge in [0.1, 0.15) is 18.3 Å². The van der Waals surface area contributed by atoms with Crippen LogP contribution in [-0.4, -0.2) is 97.3 Å². The SMILES string of the molecule is Cc1ccc(C(=O)NC[C@@H]2O[C@@H](CC(=O)NCCN3CCOCC3)[C@H](O)[C@@H]2O)cc1. The summed E-state index contributed by atoms with van der Waals surface area (Å²) >= 11 is 0. The van der Waals surface area contributed by atoms with Gasteiger partial charge in [0.05, 0.1) is 25.7 Å².